The lowest BCUT2D eigenvalue weighted by Gasteiger charge is -2.51. The minimum Gasteiger partial charge on any atom is -0.465 e. The molecule has 4 atom stereocenters. The average molecular weight is 264 g/mol. The molecule has 4 rings (SSSR count). The Bertz CT molecular complexity index is 441. The van der Waals surface area contributed by atoms with Crippen molar-refractivity contribution in [3.63, 3.8) is 0 Å². The van der Waals surface area contributed by atoms with Crippen LogP contribution in [0.2, 0.25) is 0 Å². The molecule has 3 saturated carbocycles. The van der Waals surface area contributed by atoms with Crippen molar-refractivity contribution in [2.75, 3.05) is 6.61 Å². The number of carbonyl (C=O) groups is 2. The first-order chi connectivity index (χ1) is 9.00. The van der Waals surface area contributed by atoms with Gasteiger partial charge in [-0.2, -0.15) is 0 Å². The maximum atomic E-state index is 11.7. The van der Waals surface area contributed by atoms with Crippen molar-refractivity contribution in [3.8, 4) is 0 Å². The molecule has 0 radical (unpaired) electrons. The summed E-state index contributed by atoms with van der Waals surface area (Å²) in [6, 6.07) is 0. The van der Waals surface area contributed by atoms with Crippen molar-refractivity contribution in [3.05, 3.63) is 12.2 Å². The van der Waals surface area contributed by atoms with Gasteiger partial charge in [-0.3, -0.25) is 4.79 Å². The summed E-state index contributed by atoms with van der Waals surface area (Å²) in [7, 11) is 0. The molecule has 104 valence electrons. The van der Waals surface area contributed by atoms with E-state index in [0.29, 0.717) is 30.4 Å². The van der Waals surface area contributed by atoms with Gasteiger partial charge in [0.15, 0.2) is 0 Å². The Morgan fingerprint density at radius 3 is 2.79 bits per heavy atom. The summed E-state index contributed by atoms with van der Waals surface area (Å²) in [6.07, 6.45) is 4.61. The highest BCUT2D eigenvalue weighted by molar-refractivity contribution is 5.87. The summed E-state index contributed by atoms with van der Waals surface area (Å²) in [5, 5.41) is 0. The van der Waals surface area contributed by atoms with Gasteiger partial charge in [0, 0.05) is 11.0 Å². The van der Waals surface area contributed by atoms with E-state index in [1.807, 2.05) is 0 Å². The number of rotatable bonds is 2. The normalized spacial score (nSPS) is 40.3. The second-order valence-electron chi connectivity index (χ2n) is 6.40. The van der Waals surface area contributed by atoms with Crippen molar-refractivity contribution in [1.82, 2.24) is 0 Å². The fraction of sp³-hybridized carbons (Fsp3) is 0.733. The zero-order chi connectivity index (χ0) is 13.6. The fourth-order valence-electron chi connectivity index (χ4n) is 4.06. The van der Waals surface area contributed by atoms with Crippen LogP contribution in [0.5, 0.6) is 0 Å². The highest BCUT2D eigenvalue weighted by atomic mass is 16.5. The topological polar surface area (TPSA) is 52.6 Å². The Balaban J connectivity index is 1.70. The van der Waals surface area contributed by atoms with Crippen LogP contribution in [0.1, 0.15) is 39.0 Å². The second kappa shape index (κ2) is 4.36. The van der Waals surface area contributed by atoms with E-state index in [-0.39, 0.29) is 23.5 Å². The van der Waals surface area contributed by atoms with Gasteiger partial charge in [0.2, 0.25) is 0 Å². The molecule has 4 fully saturated rings. The van der Waals surface area contributed by atoms with Gasteiger partial charge in [-0.05, 0) is 44.4 Å². The van der Waals surface area contributed by atoms with Crippen molar-refractivity contribution in [2.45, 2.75) is 45.1 Å². The average Bonchev–Trinajstić information content (AvgIpc) is 2.72. The standard InChI is InChI=1S/C15H20O4/c1-9(2)14(17)19-12-5-11-4-3-10(12)6-15(11)7-13(16)18-8-15/h10-12H,1,3-8H2,2H3. The van der Waals surface area contributed by atoms with E-state index in [4.69, 9.17) is 9.47 Å². The quantitative estimate of drug-likeness (QED) is 0.567. The van der Waals surface area contributed by atoms with Gasteiger partial charge in [0.05, 0.1) is 13.0 Å². The summed E-state index contributed by atoms with van der Waals surface area (Å²) in [5.74, 6) is 0.475. The van der Waals surface area contributed by atoms with E-state index in [2.05, 4.69) is 6.58 Å². The third kappa shape index (κ3) is 2.07. The van der Waals surface area contributed by atoms with Crippen molar-refractivity contribution >= 4 is 11.9 Å². The third-order valence-corrected chi connectivity index (χ3v) is 5.09. The van der Waals surface area contributed by atoms with Crippen molar-refractivity contribution in [1.29, 1.82) is 0 Å². The van der Waals surface area contributed by atoms with Crippen LogP contribution in [-0.2, 0) is 19.1 Å². The van der Waals surface area contributed by atoms with E-state index < -0.39 is 0 Å². The Labute approximate surface area is 113 Å². The molecule has 4 nitrogen and oxygen atoms in total. The van der Waals surface area contributed by atoms with Gasteiger partial charge in [-0.25, -0.2) is 4.79 Å². The summed E-state index contributed by atoms with van der Waals surface area (Å²) >= 11 is 0. The molecule has 1 spiro atoms. The lowest BCUT2D eigenvalue weighted by Crippen LogP contribution is -2.49. The number of fused-ring (bicyclic) bond motifs is 2. The van der Waals surface area contributed by atoms with Crippen molar-refractivity contribution in [2.24, 2.45) is 17.3 Å². The van der Waals surface area contributed by atoms with Gasteiger partial charge in [-0.15, -0.1) is 0 Å². The van der Waals surface area contributed by atoms with Gasteiger partial charge < -0.3 is 9.47 Å². The minimum atomic E-state index is -0.287. The number of esters is 2. The summed E-state index contributed by atoms with van der Waals surface area (Å²) in [5.41, 5.74) is 0.488. The zero-order valence-electron chi connectivity index (χ0n) is 11.3. The SMILES string of the molecule is C=C(C)C(=O)OC1CC2CCC1CC21COC(=O)C1. The fourth-order valence-corrected chi connectivity index (χ4v) is 4.06. The van der Waals surface area contributed by atoms with E-state index >= 15 is 0 Å². The highest BCUT2D eigenvalue weighted by Gasteiger charge is 2.56. The number of ether oxygens (including phenoxy) is 2. The molecule has 19 heavy (non-hydrogen) atoms. The lowest BCUT2D eigenvalue weighted by molar-refractivity contribution is -0.160. The Morgan fingerprint density at radius 1 is 1.47 bits per heavy atom. The predicted molar refractivity (Wildman–Crippen MR) is 68.2 cm³/mol. The minimum absolute atomic E-state index is 0.00396. The molecule has 2 bridgehead atoms. The number of cyclic esters (lactones) is 1. The summed E-state index contributed by atoms with van der Waals surface area (Å²) in [6.45, 7) is 5.86. The molecule has 4 unspecified atom stereocenters. The zero-order valence-corrected chi connectivity index (χ0v) is 11.3. The molecule has 1 heterocycles. The molecule has 0 amide bonds. The molecule has 1 saturated heterocycles. The molecule has 3 aliphatic carbocycles. The maximum absolute atomic E-state index is 11.7. The van der Waals surface area contributed by atoms with E-state index in [1.54, 1.807) is 6.92 Å². The molecular formula is C15H20O4. The summed E-state index contributed by atoms with van der Waals surface area (Å²) in [4.78, 5) is 23.1. The molecule has 4 heteroatoms. The third-order valence-electron chi connectivity index (χ3n) is 5.09. The Morgan fingerprint density at radius 2 is 2.26 bits per heavy atom. The Kier molecular flexibility index (Phi) is 2.91. The molecule has 0 N–H and O–H groups in total. The van der Waals surface area contributed by atoms with Crippen LogP contribution in [0, 0.1) is 17.3 Å². The first-order valence-corrected chi connectivity index (χ1v) is 7.02. The largest absolute Gasteiger partial charge is 0.465 e. The lowest BCUT2D eigenvalue weighted by atomic mass is 9.54. The van der Waals surface area contributed by atoms with Gasteiger partial charge in [0.25, 0.3) is 0 Å². The number of carbonyl (C=O) groups excluding carboxylic acids is 2. The van der Waals surface area contributed by atoms with Gasteiger partial charge in [0.1, 0.15) is 6.10 Å². The number of hydrogen-bond acceptors (Lipinski definition) is 4. The van der Waals surface area contributed by atoms with Crippen LogP contribution in [-0.4, -0.2) is 24.6 Å². The maximum Gasteiger partial charge on any atom is 0.333 e. The summed E-state index contributed by atoms with van der Waals surface area (Å²) < 4.78 is 10.7. The molecule has 4 aliphatic rings. The van der Waals surface area contributed by atoms with Crippen molar-refractivity contribution < 1.29 is 19.1 Å². The Hall–Kier alpha value is -1.32. The van der Waals surface area contributed by atoms with Crippen LogP contribution in [0.15, 0.2) is 12.2 Å². The molecule has 0 aromatic rings. The van der Waals surface area contributed by atoms with E-state index in [1.165, 1.54) is 0 Å². The molecular weight excluding hydrogens is 244 g/mol. The van der Waals surface area contributed by atoms with Gasteiger partial charge in [-0.1, -0.05) is 6.58 Å². The first kappa shape index (κ1) is 12.7. The first-order valence-electron chi connectivity index (χ1n) is 7.02. The molecule has 1 aliphatic heterocycles. The van der Waals surface area contributed by atoms with Crippen LogP contribution < -0.4 is 0 Å². The van der Waals surface area contributed by atoms with E-state index in [0.717, 1.165) is 25.7 Å². The predicted octanol–water partition coefficient (Wildman–Crippen LogP) is 2.23. The molecule has 0 aromatic heterocycles. The van der Waals surface area contributed by atoms with Crippen LogP contribution in [0.25, 0.3) is 0 Å². The van der Waals surface area contributed by atoms with Crippen LogP contribution in [0.3, 0.4) is 0 Å². The van der Waals surface area contributed by atoms with Crippen LogP contribution in [0.4, 0.5) is 0 Å². The number of hydrogen-bond donors (Lipinski definition) is 0. The van der Waals surface area contributed by atoms with Gasteiger partial charge >= 0.3 is 11.9 Å². The van der Waals surface area contributed by atoms with Crippen LogP contribution >= 0.6 is 0 Å². The monoisotopic (exact) mass is 264 g/mol. The molecule has 0 aromatic carbocycles. The van der Waals surface area contributed by atoms with E-state index in [9.17, 15) is 9.59 Å². The smallest absolute Gasteiger partial charge is 0.333 e. The second-order valence-corrected chi connectivity index (χ2v) is 6.40. The highest BCUT2D eigenvalue weighted by Crippen LogP contribution is 2.57.